The quantitative estimate of drug-likeness (QED) is 0.732. The fourth-order valence-electron chi connectivity index (χ4n) is 2.70. The largest absolute Gasteiger partial charge is 0.376 e. The van der Waals surface area contributed by atoms with Crippen molar-refractivity contribution in [2.24, 2.45) is 0 Å². The van der Waals surface area contributed by atoms with Crippen molar-refractivity contribution in [1.29, 1.82) is 0 Å². The first kappa shape index (κ1) is 19.1. The zero-order chi connectivity index (χ0) is 17.4. The highest BCUT2D eigenvalue weighted by Gasteiger charge is 2.22. The van der Waals surface area contributed by atoms with E-state index in [1.54, 1.807) is 11.8 Å². The minimum absolute atomic E-state index is 0.0121. The Kier molecular flexibility index (Phi) is 7.88. The van der Waals surface area contributed by atoms with Gasteiger partial charge in [0.15, 0.2) is 0 Å². The molecule has 1 atom stereocenters. The fourth-order valence-corrected chi connectivity index (χ4v) is 3.19. The van der Waals surface area contributed by atoms with Gasteiger partial charge in [-0.2, -0.15) is 0 Å². The van der Waals surface area contributed by atoms with E-state index in [1.807, 2.05) is 31.1 Å². The van der Waals surface area contributed by atoms with Crippen LogP contribution in [0.25, 0.3) is 0 Å². The molecule has 1 N–H and O–H groups in total. The number of ether oxygens (including phenoxy) is 1. The van der Waals surface area contributed by atoms with Gasteiger partial charge in [-0.25, -0.2) is 4.79 Å². The highest BCUT2D eigenvalue weighted by atomic mass is 32.2. The van der Waals surface area contributed by atoms with Gasteiger partial charge in [0, 0.05) is 37.7 Å². The highest BCUT2D eigenvalue weighted by Crippen LogP contribution is 2.16. The molecule has 0 spiro atoms. The van der Waals surface area contributed by atoms with Gasteiger partial charge in [0.25, 0.3) is 0 Å². The van der Waals surface area contributed by atoms with E-state index in [9.17, 15) is 4.79 Å². The molecule has 1 aromatic rings. The Morgan fingerprint density at radius 2 is 2.21 bits per heavy atom. The molecule has 24 heavy (non-hydrogen) atoms. The summed E-state index contributed by atoms with van der Waals surface area (Å²) in [5, 5.41) is 3.05. The Balaban J connectivity index is 1.89. The topological polar surface area (TPSA) is 44.8 Å². The summed E-state index contributed by atoms with van der Waals surface area (Å²) in [5.74, 6) is 0. The lowest BCUT2D eigenvalue weighted by Crippen LogP contribution is -2.46. The minimum Gasteiger partial charge on any atom is -0.376 e. The van der Waals surface area contributed by atoms with Crippen LogP contribution >= 0.6 is 11.8 Å². The Bertz CT molecular complexity index is 519. The Morgan fingerprint density at radius 3 is 2.88 bits per heavy atom. The summed E-state index contributed by atoms with van der Waals surface area (Å²) in [6.45, 7) is 3.60. The molecule has 0 saturated carbocycles. The van der Waals surface area contributed by atoms with E-state index in [0.717, 1.165) is 31.6 Å². The Morgan fingerprint density at radius 1 is 1.38 bits per heavy atom. The van der Waals surface area contributed by atoms with Gasteiger partial charge in [0.2, 0.25) is 0 Å². The van der Waals surface area contributed by atoms with Crippen molar-refractivity contribution in [3.8, 4) is 0 Å². The molecule has 0 radical (unpaired) electrons. The number of amides is 2. The molecular weight excluding hydrogens is 322 g/mol. The zero-order valence-electron chi connectivity index (χ0n) is 15.0. The molecule has 1 fully saturated rings. The summed E-state index contributed by atoms with van der Waals surface area (Å²) in [5.41, 5.74) is 1.12. The lowest BCUT2D eigenvalue weighted by Gasteiger charge is -2.27. The molecule has 1 saturated heterocycles. The maximum absolute atomic E-state index is 12.6. The number of thioether (sulfide) groups is 1. The van der Waals surface area contributed by atoms with E-state index in [4.69, 9.17) is 4.74 Å². The van der Waals surface area contributed by atoms with Crippen LogP contribution in [0.4, 0.5) is 4.79 Å². The molecule has 1 aliphatic rings. The van der Waals surface area contributed by atoms with Gasteiger partial charge in [-0.05, 0) is 50.9 Å². The van der Waals surface area contributed by atoms with Gasteiger partial charge in [-0.3, -0.25) is 0 Å². The smallest absolute Gasteiger partial charge is 0.317 e. The van der Waals surface area contributed by atoms with Crippen LogP contribution in [0.2, 0.25) is 0 Å². The van der Waals surface area contributed by atoms with Crippen molar-refractivity contribution >= 4 is 17.8 Å². The molecule has 5 nitrogen and oxygen atoms in total. The van der Waals surface area contributed by atoms with Crippen LogP contribution < -0.4 is 5.32 Å². The van der Waals surface area contributed by atoms with E-state index in [0.29, 0.717) is 19.6 Å². The molecule has 1 unspecified atom stereocenters. The second-order valence-corrected chi connectivity index (χ2v) is 7.27. The molecule has 1 aromatic carbocycles. The molecule has 1 heterocycles. The number of rotatable bonds is 8. The maximum Gasteiger partial charge on any atom is 0.317 e. The van der Waals surface area contributed by atoms with E-state index in [1.165, 1.54) is 4.90 Å². The second-order valence-electron chi connectivity index (χ2n) is 6.39. The average Bonchev–Trinajstić information content (AvgIpc) is 3.09. The average molecular weight is 352 g/mol. The summed E-state index contributed by atoms with van der Waals surface area (Å²) in [4.78, 5) is 17.8. The molecular formula is C18H29N3O2S. The third-order valence-electron chi connectivity index (χ3n) is 4.13. The van der Waals surface area contributed by atoms with Crippen LogP contribution in [0.5, 0.6) is 0 Å². The number of nitrogens with zero attached hydrogens (tertiary/aromatic N) is 2. The maximum atomic E-state index is 12.6. The first-order valence-corrected chi connectivity index (χ1v) is 9.73. The Labute approximate surface area is 149 Å². The zero-order valence-corrected chi connectivity index (χ0v) is 15.8. The number of urea groups is 1. The summed E-state index contributed by atoms with van der Waals surface area (Å²) in [6, 6.07) is 8.27. The van der Waals surface area contributed by atoms with Crippen LogP contribution in [-0.4, -0.2) is 68.5 Å². The molecule has 0 aromatic heterocycles. The van der Waals surface area contributed by atoms with Gasteiger partial charge in [-0.1, -0.05) is 12.1 Å². The predicted molar refractivity (Wildman–Crippen MR) is 99.6 cm³/mol. The van der Waals surface area contributed by atoms with Crippen molar-refractivity contribution in [1.82, 2.24) is 15.1 Å². The van der Waals surface area contributed by atoms with Gasteiger partial charge in [0.05, 0.1) is 6.10 Å². The molecule has 2 amide bonds. The lowest BCUT2D eigenvalue weighted by molar-refractivity contribution is 0.0795. The van der Waals surface area contributed by atoms with Gasteiger partial charge in [0.1, 0.15) is 0 Å². The summed E-state index contributed by atoms with van der Waals surface area (Å²) in [6.07, 6.45) is 4.37. The van der Waals surface area contributed by atoms with Crippen molar-refractivity contribution in [2.45, 2.75) is 30.4 Å². The first-order valence-electron chi connectivity index (χ1n) is 8.50. The first-order chi connectivity index (χ1) is 11.6. The van der Waals surface area contributed by atoms with Crippen LogP contribution in [0, 0.1) is 0 Å². The van der Waals surface area contributed by atoms with E-state index < -0.39 is 0 Å². The van der Waals surface area contributed by atoms with E-state index >= 15 is 0 Å². The second kappa shape index (κ2) is 9.91. The van der Waals surface area contributed by atoms with E-state index in [2.05, 4.69) is 28.6 Å². The molecule has 0 bridgehead atoms. The van der Waals surface area contributed by atoms with E-state index in [-0.39, 0.29) is 12.1 Å². The van der Waals surface area contributed by atoms with Gasteiger partial charge < -0.3 is 19.9 Å². The van der Waals surface area contributed by atoms with Gasteiger partial charge >= 0.3 is 6.03 Å². The van der Waals surface area contributed by atoms with Crippen LogP contribution in [0.15, 0.2) is 29.2 Å². The third kappa shape index (κ3) is 6.34. The van der Waals surface area contributed by atoms with Crippen LogP contribution in [-0.2, 0) is 11.3 Å². The standard InChI is InChI=1S/C18H29N3O2S/c1-20(2)9-10-21(14-16-7-5-11-23-16)18(22)19-13-15-6-4-8-17(12-15)24-3/h4,6,8,12,16H,5,7,9-11,13-14H2,1-3H3,(H,19,22). The van der Waals surface area contributed by atoms with Crippen molar-refractivity contribution in [2.75, 3.05) is 46.6 Å². The normalized spacial score (nSPS) is 17.2. The van der Waals surface area contributed by atoms with Crippen molar-refractivity contribution < 1.29 is 9.53 Å². The number of hydrogen-bond acceptors (Lipinski definition) is 4. The molecule has 2 rings (SSSR count). The van der Waals surface area contributed by atoms with Crippen LogP contribution in [0.3, 0.4) is 0 Å². The fraction of sp³-hybridized carbons (Fsp3) is 0.611. The number of nitrogens with one attached hydrogen (secondary N) is 1. The van der Waals surface area contributed by atoms with Crippen molar-refractivity contribution in [3.63, 3.8) is 0 Å². The lowest BCUT2D eigenvalue weighted by atomic mass is 10.2. The van der Waals surface area contributed by atoms with Crippen molar-refractivity contribution in [3.05, 3.63) is 29.8 Å². The summed E-state index contributed by atoms with van der Waals surface area (Å²) in [7, 11) is 4.05. The monoisotopic (exact) mass is 351 g/mol. The highest BCUT2D eigenvalue weighted by molar-refractivity contribution is 7.98. The number of hydrogen-bond donors (Lipinski definition) is 1. The Hall–Kier alpha value is -1.24. The number of carbonyl (C=O) groups is 1. The summed E-state index contributed by atoms with van der Waals surface area (Å²) < 4.78 is 5.70. The number of carbonyl (C=O) groups excluding carboxylic acids is 1. The number of benzene rings is 1. The third-order valence-corrected chi connectivity index (χ3v) is 4.86. The summed E-state index contributed by atoms with van der Waals surface area (Å²) >= 11 is 1.71. The predicted octanol–water partition coefficient (Wildman–Crippen LogP) is 2.66. The molecule has 0 aliphatic carbocycles. The molecule has 134 valence electrons. The van der Waals surface area contributed by atoms with Crippen LogP contribution in [0.1, 0.15) is 18.4 Å². The molecule has 1 aliphatic heterocycles. The minimum atomic E-state index is -0.0121. The molecule has 6 heteroatoms. The SMILES string of the molecule is CSc1cccc(CNC(=O)N(CCN(C)C)CC2CCCO2)c1. The number of likely N-dealkylation sites (N-methyl/N-ethyl adjacent to an activating group) is 1. The van der Waals surface area contributed by atoms with Gasteiger partial charge in [-0.15, -0.1) is 11.8 Å².